The fraction of sp³-hybridized carbons (Fsp3) is 0.667. The van der Waals surface area contributed by atoms with Crippen LogP contribution in [-0.4, -0.2) is 37.2 Å². The highest BCUT2D eigenvalue weighted by molar-refractivity contribution is 5.71. The second-order valence-electron chi connectivity index (χ2n) is 20.2. The molecule has 0 rings (SSSR count). The zero-order valence-corrected chi connectivity index (χ0v) is 48.8. The number of esters is 3. The molecule has 0 fully saturated rings. The van der Waals surface area contributed by atoms with Crippen LogP contribution in [0, 0.1) is 0 Å². The lowest BCUT2D eigenvalue weighted by Crippen LogP contribution is -2.30. The Morgan fingerprint density at radius 3 is 0.827 bits per heavy atom. The van der Waals surface area contributed by atoms with Crippen molar-refractivity contribution in [2.24, 2.45) is 0 Å². The lowest BCUT2D eigenvalue weighted by atomic mass is 10.1. The Bertz CT molecular complexity index is 1570. The van der Waals surface area contributed by atoms with Gasteiger partial charge >= 0.3 is 17.9 Å². The number of carbonyl (C=O) groups excluding carboxylic acids is 3. The Morgan fingerprint density at radius 2 is 0.520 bits per heavy atom. The molecule has 0 aliphatic heterocycles. The lowest BCUT2D eigenvalue weighted by Gasteiger charge is -2.18. The molecule has 0 aromatic heterocycles. The molecule has 426 valence electrons. The average molecular weight is 1040 g/mol. The number of rotatable bonds is 55. The van der Waals surface area contributed by atoms with Crippen molar-refractivity contribution in [1.82, 2.24) is 0 Å². The predicted molar refractivity (Wildman–Crippen MR) is 325 cm³/mol. The summed E-state index contributed by atoms with van der Waals surface area (Å²) in [6, 6.07) is 0. The monoisotopic (exact) mass is 1040 g/mol. The molecule has 0 amide bonds. The van der Waals surface area contributed by atoms with Crippen molar-refractivity contribution in [2.45, 2.75) is 284 Å². The molecule has 0 aromatic rings. The van der Waals surface area contributed by atoms with E-state index in [4.69, 9.17) is 14.2 Å². The summed E-state index contributed by atoms with van der Waals surface area (Å²) in [7, 11) is 0. The predicted octanol–water partition coefficient (Wildman–Crippen LogP) is 21.2. The molecule has 0 saturated heterocycles. The van der Waals surface area contributed by atoms with Gasteiger partial charge in [0.05, 0.1) is 0 Å². The molecule has 1 atom stereocenters. The van der Waals surface area contributed by atoms with Crippen molar-refractivity contribution >= 4 is 17.9 Å². The molecular formula is C69H114O6. The van der Waals surface area contributed by atoms with E-state index in [0.29, 0.717) is 19.3 Å². The van der Waals surface area contributed by atoms with Crippen LogP contribution in [-0.2, 0) is 28.6 Å². The van der Waals surface area contributed by atoms with Crippen LogP contribution in [0.5, 0.6) is 0 Å². The summed E-state index contributed by atoms with van der Waals surface area (Å²) >= 11 is 0. The molecule has 0 bridgehead atoms. The summed E-state index contributed by atoms with van der Waals surface area (Å²) in [5.41, 5.74) is 0. The summed E-state index contributed by atoms with van der Waals surface area (Å²) in [6.45, 7) is 6.38. The van der Waals surface area contributed by atoms with E-state index in [-0.39, 0.29) is 31.1 Å². The maximum Gasteiger partial charge on any atom is 0.306 e. The molecular weight excluding hydrogens is 925 g/mol. The Balaban J connectivity index is 4.46. The molecule has 0 saturated carbocycles. The quantitative estimate of drug-likeness (QED) is 0.0261. The van der Waals surface area contributed by atoms with Crippen LogP contribution in [0.2, 0.25) is 0 Å². The van der Waals surface area contributed by atoms with Gasteiger partial charge in [0.25, 0.3) is 0 Å². The maximum atomic E-state index is 12.9. The van der Waals surface area contributed by atoms with Gasteiger partial charge in [-0.15, -0.1) is 0 Å². The zero-order chi connectivity index (χ0) is 54.3. The molecule has 0 aliphatic rings. The van der Waals surface area contributed by atoms with Gasteiger partial charge < -0.3 is 14.2 Å². The molecule has 0 spiro atoms. The van der Waals surface area contributed by atoms with Gasteiger partial charge in [-0.25, -0.2) is 0 Å². The summed E-state index contributed by atoms with van der Waals surface area (Å²) in [4.78, 5) is 38.3. The first-order valence-electron chi connectivity index (χ1n) is 31.0. The van der Waals surface area contributed by atoms with Gasteiger partial charge in [0, 0.05) is 19.3 Å². The number of ether oxygens (including phenoxy) is 3. The molecule has 1 unspecified atom stereocenters. The van der Waals surface area contributed by atoms with Crippen LogP contribution in [0.4, 0.5) is 0 Å². The number of allylic oxidation sites excluding steroid dienone is 20. The van der Waals surface area contributed by atoms with E-state index in [0.717, 1.165) is 148 Å². The maximum absolute atomic E-state index is 12.9. The minimum atomic E-state index is -0.802. The molecule has 0 aliphatic carbocycles. The smallest absolute Gasteiger partial charge is 0.306 e. The Kier molecular flexibility index (Phi) is 58.9. The number of hydrogen-bond acceptors (Lipinski definition) is 6. The van der Waals surface area contributed by atoms with Crippen molar-refractivity contribution in [1.29, 1.82) is 0 Å². The van der Waals surface area contributed by atoms with Crippen molar-refractivity contribution in [3.8, 4) is 0 Å². The van der Waals surface area contributed by atoms with Gasteiger partial charge in [0.15, 0.2) is 6.10 Å². The molecule has 75 heavy (non-hydrogen) atoms. The van der Waals surface area contributed by atoms with Crippen LogP contribution in [0.1, 0.15) is 278 Å². The zero-order valence-electron chi connectivity index (χ0n) is 48.8. The summed E-state index contributed by atoms with van der Waals surface area (Å²) < 4.78 is 16.9. The van der Waals surface area contributed by atoms with Crippen LogP contribution in [0.3, 0.4) is 0 Å². The van der Waals surface area contributed by atoms with E-state index >= 15 is 0 Å². The minimum Gasteiger partial charge on any atom is -0.462 e. The second kappa shape index (κ2) is 62.4. The first kappa shape index (κ1) is 70.8. The lowest BCUT2D eigenvalue weighted by molar-refractivity contribution is -0.167. The van der Waals surface area contributed by atoms with Gasteiger partial charge in [-0.05, 0) is 128 Å². The average Bonchev–Trinajstić information content (AvgIpc) is 3.41. The molecule has 6 nitrogen and oxygen atoms in total. The molecule has 0 aromatic carbocycles. The molecule has 0 heterocycles. The van der Waals surface area contributed by atoms with E-state index in [2.05, 4.69) is 142 Å². The second-order valence-corrected chi connectivity index (χ2v) is 20.2. The van der Waals surface area contributed by atoms with Gasteiger partial charge in [-0.3, -0.25) is 14.4 Å². The van der Waals surface area contributed by atoms with Gasteiger partial charge in [-0.1, -0.05) is 251 Å². The van der Waals surface area contributed by atoms with E-state index in [1.165, 1.54) is 89.9 Å². The third-order valence-electron chi connectivity index (χ3n) is 12.9. The highest BCUT2D eigenvalue weighted by Gasteiger charge is 2.19. The van der Waals surface area contributed by atoms with Crippen molar-refractivity contribution < 1.29 is 28.6 Å². The summed E-state index contributed by atoms with van der Waals surface area (Å²) in [6.07, 6.45) is 86.2. The van der Waals surface area contributed by atoms with Crippen LogP contribution in [0.15, 0.2) is 122 Å². The normalized spacial score (nSPS) is 12.9. The fourth-order valence-electron chi connectivity index (χ4n) is 8.34. The van der Waals surface area contributed by atoms with E-state index in [1.54, 1.807) is 0 Å². The standard InChI is InChI=1S/C69H114O6/c1-4-7-10-13-16-19-22-25-28-30-32-33-34-35-37-38-41-44-47-50-53-56-59-62-68(71)74-65-66(64-73-67(70)61-58-55-52-49-46-43-40-27-24-21-18-15-12-9-6-3)75-69(72)63-60-57-54-51-48-45-42-39-36-31-29-26-23-20-17-14-11-8-5-2/h7,9-10,12,16,18-19,21,25-29,32-33,35,37,40-41,44,66H,4-6,8,11,13-15,17,20,22-24,30-31,34,36,38-39,42-43,45-65H2,1-3H3/b10-7-,12-9-,19-16-,21-18-,28-25-,29-26-,33-32-,37-35-,40-27-,44-41-. The molecule has 6 heteroatoms. The topological polar surface area (TPSA) is 78.9 Å². The number of unbranched alkanes of at least 4 members (excludes halogenated alkanes) is 24. The first-order chi connectivity index (χ1) is 37.0. The van der Waals surface area contributed by atoms with E-state index in [1.807, 2.05) is 0 Å². The Labute approximate surface area is 462 Å². The Morgan fingerprint density at radius 1 is 0.280 bits per heavy atom. The van der Waals surface area contributed by atoms with Crippen LogP contribution >= 0.6 is 0 Å². The van der Waals surface area contributed by atoms with E-state index < -0.39 is 6.10 Å². The summed E-state index contributed by atoms with van der Waals surface area (Å²) in [5.74, 6) is -0.938. The van der Waals surface area contributed by atoms with Crippen molar-refractivity contribution in [3.05, 3.63) is 122 Å². The summed E-state index contributed by atoms with van der Waals surface area (Å²) in [5, 5.41) is 0. The third-order valence-corrected chi connectivity index (χ3v) is 12.9. The van der Waals surface area contributed by atoms with Gasteiger partial charge in [0.2, 0.25) is 0 Å². The van der Waals surface area contributed by atoms with Crippen molar-refractivity contribution in [3.63, 3.8) is 0 Å². The third kappa shape index (κ3) is 60.6. The minimum absolute atomic E-state index is 0.0983. The van der Waals surface area contributed by atoms with Gasteiger partial charge in [0.1, 0.15) is 13.2 Å². The highest BCUT2D eigenvalue weighted by Crippen LogP contribution is 2.15. The van der Waals surface area contributed by atoms with E-state index in [9.17, 15) is 14.4 Å². The fourth-order valence-corrected chi connectivity index (χ4v) is 8.34. The highest BCUT2D eigenvalue weighted by atomic mass is 16.6. The Hall–Kier alpha value is -4.19. The SMILES string of the molecule is CC/C=C\C/C=C\C/C=C\C/C=C\C/C=C\C/C=C\CCCCCCC(=O)OCC(COC(=O)CCCCCCC/C=C\C/C=C\C/C=C\CC)OC(=O)CCCCCCCCCCC/C=C\CCCCCCCC. The largest absolute Gasteiger partial charge is 0.462 e. The number of carbonyl (C=O) groups is 3. The first-order valence-corrected chi connectivity index (χ1v) is 31.0. The van der Waals surface area contributed by atoms with Crippen LogP contribution < -0.4 is 0 Å². The molecule has 0 radical (unpaired) electrons. The van der Waals surface area contributed by atoms with Gasteiger partial charge in [-0.2, -0.15) is 0 Å². The molecule has 0 N–H and O–H groups in total. The number of hydrogen-bond donors (Lipinski definition) is 0. The van der Waals surface area contributed by atoms with Crippen LogP contribution in [0.25, 0.3) is 0 Å². The van der Waals surface area contributed by atoms with Crippen molar-refractivity contribution in [2.75, 3.05) is 13.2 Å².